The van der Waals surface area contributed by atoms with Crippen molar-refractivity contribution in [3.63, 3.8) is 0 Å². The van der Waals surface area contributed by atoms with Crippen molar-refractivity contribution in [2.24, 2.45) is 0 Å². The molecule has 1 saturated heterocycles. The molecule has 1 fully saturated rings. The fourth-order valence-electron chi connectivity index (χ4n) is 2.04. The quantitative estimate of drug-likeness (QED) is 0.646. The molecule has 2 rings (SSSR count). The Hall–Kier alpha value is -1.49. The van der Waals surface area contributed by atoms with Crippen LogP contribution in [-0.2, 0) is 0 Å². The van der Waals surface area contributed by atoms with Gasteiger partial charge in [0, 0.05) is 6.54 Å². The molecule has 15 heavy (non-hydrogen) atoms. The first kappa shape index (κ1) is 10.0. The van der Waals surface area contributed by atoms with Gasteiger partial charge in [0.15, 0.2) is 5.82 Å². The van der Waals surface area contributed by atoms with E-state index in [9.17, 15) is 5.11 Å². The molecule has 1 aromatic rings. The van der Waals surface area contributed by atoms with Crippen LogP contribution in [0.4, 0.5) is 17.2 Å². The van der Waals surface area contributed by atoms with Gasteiger partial charge in [-0.2, -0.15) is 0 Å². The second-order valence-electron chi connectivity index (χ2n) is 3.85. The standard InChI is InChI=1S/C10H16N4O/c11-7-4-9(12)10(13-5-7)14-3-1-2-8(14)6-15/h4-5,8,15H,1-3,6,11-12H2. The number of anilines is 3. The van der Waals surface area contributed by atoms with Crippen LogP contribution in [0.3, 0.4) is 0 Å². The average Bonchev–Trinajstić information content (AvgIpc) is 2.65. The van der Waals surface area contributed by atoms with Crippen molar-refractivity contribution in [2.45, 2.75) is 18.9 Å². The van der Waals surface area contributed by atoms with Crippen LogP contribution in [0.15, 0.2) is 12.3 Å². The van der Waals surface area contributed by atoms with Crippen molar-refractivity contribution in [3.05, 3.63) is 12.3 Å². The van der Waals surface area contributed by atoms with E-state index < -0.39 is 0 Å². The van der Waals surface area contributed by atoms with Crippen LogP contribution < -0.4 is 16.4 Å². The fraction of sp³-hybridized carbons (Fsp3) is 0.500. The van der Waals surface area contributed by atoms with Gasteiger partial charge in [-0.3, -0.25) is 0 Å². The van der Waals surface area contributed by atoms with E-state index in [0.29, 0.717) is 11.4 Å². The van der Waals surface area contributed by atoms with Gasteiger partial charge in [0.25, 0.3) is 0 Å². The number of hydrogen-bond acceptors (Lipinski definition) is 5. The Labute approximate surface area is 88.7 Å². The Kier molecular flexibility index (Phi) is 2.64. The van der Waals surface area contributed by atoms with E-state index in [4.69, 9.17) is 11.5 Å². The second kappa shape index (κ2) is 3.94. The molecule has 0 saturated carbocycles. The van der Waals surface area contributed by atoms with Gasteiger partial charge in [0.1, 0.15) is 0 Å². The largest absolute Gasteiger partial charge is 0.397 e. The number of rotatable bonds is 2. The first-order valence-corrected chi connectivity index (χ1v) is 5.11. The normalized spacial score (nSPS) is 20.9. The van der Waals surface area contributed by atoms with Crippen LogP contribution >= 0.6 is 0 Å². The van der Waals surface area contributed by atoms with Crippen molar-refractivity contribution in [1.82, 2.24) is 4.98 Å². The van der Waals surface area contributed by atoms with Gasteiger partial charge in [-0.15, -0.1) is 0 Å². The molecule has 0 spiro atoms. The highest BCUT2D eigenvalue weighted by Crippen LogP contribution is 2.28. The molecule has 5 N–H and O–H groups in total. The van der Waals surface area contributed by atoms with Crippen molar-refractivity contribution in [1.29, 1.82) is 0 Å². The minimum absolute atomic E-state index is 0.142. The highest BCUT2D eigenvalue weighted by atomic mass is 16.3. The van der Waals surface area contributed by atoms with Crippen molar-refractivity contribution >= 4 is 17.2 Å². The van der Waals surface area contributed by atoms with Crippen LogP contribution in [0.1, 0.15) is 12.8 Å². The lowest BCUT2D eigenvalue weighted by Gasteiger charge is -2.25. The third-order valence-corrected chi connectivity index (χ3v) is 2.78. The van der Waals surface area contributed by atoms with Gasteiger partial charge < -0.3 is 21.5 Å². The zero-order valence-electron chi connectivity index (χ0n) is 8.56. The molecule has 1 aliphatic heterocycles. The molecule has 5 nitrogen and oxygen atoms in total. The Bertz CT molecular complexity index is 355. The molecule has 0 radical (unpaired) electrons. The number of aromatic nitrogens is 1. The molecule has 1 aliphatic rings. The summed E-state index contributed by atoms with van der Waals surface area (Å²) < 4.78 is 0. The van der Waals surface area contributed by atoms with Gasteiger partial charge in [0.05, 0.1) is 30.2 Å². The second-order valence-corrected chi connectivity index (χ2v) is 3.85. The third-order valence-electron chi connectivity index (χ3n) is 2.78. The van der Waals surface area contributed by atoms with Crippen LogP contribution in [0, 0.1) is 0 Å². The molecular formula is C10H16N4O. The number of aliphatic hydroxyl groups is 1. The summed E-state index contributed by atoms with van der Waals surface area (Å²) >= 11 is 0. The lowest BCUT2D eigenvalue weighted by molar-refractivity contribution is 0.266. The molecule has 82 valence electrons. The number of hydrogen-bond donors (Lipinski definition) is 3. The Morgan fingerprint density at radius 3 is 3.00 bits per heavy atom. The van der Waals surface area contributed by atoms with Crippen molar-refractivity contribution < 1.29 is 5.11 Å². The predicted octanol–water partition coefficient (Wildman–Crippen LogP) is 0.207. The molecule has 0 bridgehead atoms. The summed E-state index contributed by atoms with van der Waals surface area (Å²) in [6.45, 7) is 1.04. The molecule has 2 heterocycles. The summed E-state index contributed by atoms with van der Waals surface area (Å²) in [6.07, 6.45) is 3.65. The fourth-order valence-corrected chi connectivity index (χ4v) is 2.04. The number of nitrogens with zero attached hydrogens (tertiary/aromatic N) is 2. The minimum Gasteiger partial charge on any atom is -0.397 e. The van der Waals surface area contributed by atoms with E-state index in [1.165, 1.54) is 0 Å². The zero-order chi connectivity index (χ0) is 10.8. The summed E-state index contributed by atoms with van der Waals surface area (Å²) in [5.74, 6) is 0.737. The van der Waals surface area contributed by atoms with Crippen LogP contribution in [0.2, 0.25) is 0 Å². The molecule has 1 unspecified atom stereocenters. The molecule has 0 amide bonds. The van der Waals surface area contributed by atoms with Crippen LogP contribution in [0.25, 0.3) is 0 Å². The van der Waals surface area contributed by atoms with E-state index in [1.807, 2.05) is 0 Å². The molecular weight excluding hydrogens is 192 g/mol. The van der Waals surface area contributed by atoms with E-state index in [-0.39, 0.29) is 12.6 Å². The van der Waals surface area contributed by atoms with E-state index >= 15 is 0 Å². The molecule has 0 aromatic carbocycles. The molecule has 5 heteroatoms. The molecule has 0 aliphatic carbocycles. The lowest BCUT2D eigenvalue weighted by atomic mass is 10.2. The smallest absolute Gasteiger partial charge is 0.152 e. The molecule has 1 atom stereocenters. The van der Waals surface area contributed by atoms with Gasteiger partial charge >= 0.3 is 0 Å². The van der Waals surface area contributed by atoms with Crippen LogP contribution in [0.5, 0.6) is 0 Å². The lowest BCUT2D eigenvalue weighted by Crippen LogP contribution is -2.33. The average molecular weight is 208 g/mol. The van der Waals surface area contributed by atoms with Gasteiger partial charge in [-0.1, -0.05) is 0 Å². The number of pyridine rings is 1. The number of nitrogen functional groups attached to an aromatic ring is 2. The van der Waals surface area contributed by atoms with Gasteiger partial charge in [-0.05, 0) is 18.9 Å². The minimum atomic E-state index is 0.142. The highest BCUT2D eigenvalue weighted by molar-refractivity contribution is 5.67. The Morgan fingerprint density at radius 1 is 1.53 bits per heavy atom. The Balaban J connectivity index is 2.28. The highest BCUT2D eigenvalue weighted by Gasteiger charge is 2.26. The summed E-state index contributed by atoms with van der Waals surface area (Å²) in [4.78, 5) is 6.27. The van der Waals surface area contributed by atoms with E-state index in [2.05, 4.69) is 9.88 Å². The third kappa shape index (κ3) is 1.83. The topological polar surface area (TPSA) is 88.4 Å². The van der Waals surface area contributed by atoms with Gasteiger partial charge in [-0.25, -0.2) is 4.98 Å². The SMILES string of the molecule is Nc1cnc(N2CCCC2CO)c(N)c1. The summed E-state index contributed by atoms with van der Waals surface area (Å²) in [7, 11) is 0. The summed E-state index contributed by atoms with van der Waals surface area (Å²) in [5, 5.41) is 9.21. The summed E-state index contributed by atoms with van der Waals surface area (Å²) in [5.41, 5.74) is 12.6. The summed E-state index contributed by atoms with van der Waals surface area (Å²) in [6, 6.07) is 1.85. The Morgan fingerprint density at radius 2 is 2.33 bits per heavy atom. The monoisotopic (exact) mass is 208 g/mol. The van der Waals surface area contributed by atoms with Crippen LogP contribution in [-0.4, -0.2) is 29.3 Å². The first-order valence-electron chi connectivity index (χ1n) is 5.11. The maximum atomic E-state index is 9.21. The maximum absolute atomic E-state index is 9.21. The maximum Gasteiger partial charge on any atom is 0.152 e. The number of nitrogens with two attached hydrogens (primary N) is 2. The first-order chi connectivity index (χ1) is 7.22. The molecule has 1 aromatic heterocycles. The zero-order valence-corrected chi connectivity index (χ0v) is 8.56. The van der Waals surface area contributed by atoms with Crippen molar-refractivity contribution in [3.8, 4) is 0 Å². The van der Waals surface area contributed by atoms with E-state index in [0.717, 1.165) is 25.2 Å². The number of aliphatic hydroxyl groups excluding tert-OH is 1. The van der Waals surface area contributed by atoms with E-state index in [1.54, 1.807) is 12.3 Å². The van der Waals surface area contributed by atoms with Gasteiger partial charge in [0.2, 0.25) is 0 Å². The van der Waals surface area contributed by atoms with Crippen molar-refractivity contribution in [2.75, 3.05) is 29.5 Å². The predicted molar refractivity (Wildman–Crippen MR) is 60.5 cm³/mol.